The SMILES string of the molecule is ClCc1nnc(NCCCn2ccnc2)o1. The first-order valence-electron chi connectivity index (χ1n) is 4.96. The van der Waals surface area contributed by atoms with Gasteiger partial charge in [-0.15, -0.1) is 16.7 Å². The van der Waals surface area contributed by atoms with Crippen molar-refractivity contribution < 1.29 is 4.42 Å². The van der Waals surface area contributed by atoms with E-state index in [-0.39, 0.29) is 5.88 Å². The lowest BCUT2D eigenvalue weighted by atomic mass is 10.4. The highest BCUT2D eigenvalue weighted by molar-refractivity contribution is 6.16. The molecule has 0 atom stereocenters. The summed E-state index contributed by atoms with van der Waals surface area (Å²) in [6.45, 7) is 1.67. The minimum atomic E-state index is 0.240. The van der Waals surface area contributed by atoms with Gasteiger partial charge in [0.1, 0.15) is 5.88 Å². The van der Waals surface area contributed by atoms with Gasteiger partial charge >= 0.3 is 6.01 Å². The van der Waals surface area contributed by atoms with Crippen LogP contribution in [0, 0.1) is 0 Å². The van der Waals surface area contributed by atoms with Crippen LogP contribution in [0.4, 0.5) is 6.01 Å². The molecule has 0 spiro atoms. The van der Waals surface area contributed by atoms with Crippen molar-refractivity contribution in [3.05, 3.63) is 24.6 Å². The van der Waals surface area contributed by atoms with Gasteiger partial charge in [-0.25, -0.2) is 4.98 Å². The van der Waals surface area contributed by atoms with Crippen molar-refractivity contribution in [2.75, 3.05) is 11.9 Å². The predicted molar refractivity (Wildman–Crippen MR) is 59.2 cm³/mol. The molecule has 7 heteroatoms. The number of alkyl halides is 1. The lowest BCUT2D eigenvalue weighted by Gasteiger charge is -2.02. The van der Waals surface area contributed by atoms with E-state index in [4.69, 9.17) is 16.0 Å². The maximum atomic E-state index is 5.53. The summed E-state index contributed by atoms with van der Waals surface area (Å²) in [4.78, 5) is 3.96. The standard InChI is InChI=1S/C9H12ClN5O/c10-6-8-13-14-9(16-8)12-2-1-4-15-5-3-11-7-15/h3,5,7H,1-2,4,6H2,(H,12,14). The molecule has 0 aliphatic heterocycles. The third kappa shape index (κ3) is 2.96. The molecule has 0 unspecified atom stereocenters. The number of nitrogens with zero attached hydrogens (tertiary/aromatic N) is 4. The molecule has 0 aliphatic rings. The lowest BCUT2D eigenvalue weighted by molar-refractivity contribution is 0.523. The number of halogens is 1. The average molecular weight is 242 g/mol. The summed E-state index contributed by atoms with van der Waals surface area (Å²) in [6.07, 6.45) is 6.43. The zero-order valence-corrected chi connectivity index (χ0v) is 9.39. The molecule has 0 amide bonds. The van der Waals surface area contributed by atoms with E-state index in [9.17, 15) is 0 Å². The maximum absolute atomic E-state index is 5.53. The molecule has 1 N–H and O–H groups in total. The zero-order valence-electron chi connectivity index (χ0n) is 8.64. The molecule has 0 fully saturated rings. The first-order chi connectivity index (χ1) is 7.88. The number of rotatable bonds is 6. The number of aryl methyl sites for hydroxylation is 1. The molecule has 0 aromatic carbocycles. The van der Waals surface area contributed by atoms with E-state index in [0.29, 0.717) is 11.9 Å². The first-order valence-corrected chi connectivity index (χ1v) is 5.50. The summed E-state index contributed by atoms with van der Waals surface area (Å²) in [5.74, 6) is 0.669. The molecule has 16 heavy (non-hydrogen) atoms. The molecule has 2 rings (SSSR count). The van der Waals surface area contributed by atoms with Gasteiger partial charge in [0.15, 0.2) is 0 Å². The Morgan fingerprint density at radius 3 is 3.06 bits per heavy atom. The molecule has 86 valence electrons. The second kappa shape index (κ2) is 5.50. The highest BCUT2D eigenvalue weighted by Crippen LogP contribution is 2.07. The van der Waals surface area contributed by atoms with Gasteiger partial charge in [0.2, 0.25) is 5.89 Å². The quantitative estimate of drug-likeness (QED) is 0.613. The summed E-state index contributed by atoms with van der Waals surface area (Å²) in [5, 5.41) is 10.6. The van der Waals surface area contributed by atoms with Crippen molar-refractivity contribution in [1.82, 2.24) is 19.7 Å². The second-order valence-electron chi connectivity index (χ2n) is 3.22. The fourth-order valence-corrected chi connectivity index (χ4v) is 1.36. The Hall–Kier alpha value is -1.56. The molecule has 2 aromatic rings. The third-order valence-corrected chi connectivity index (χ3v) is 2.24. The van der Waals surface area contributed by atoms with Crippen LogP contribution in [0.1, 0.15) is 12.3 Å². The van der Waals surface area contributed by atoms with Gasteiger partial charge in [0, 0.05) is 25.5 Å². The lowest BCUT2D eigenvalue weighted by Crippen LogP contribution is -2.05. The second-order valence-corrected chi connectivity index (χ2v) is 3.48. The van der Waals surface area contributed by atoms with Gasteiger partial charge in [-0.3, -0.25) is 0 Å². The number of imidazole rings is 1. The van der Waals surface area contributed by atoms with Crippen LogP contribution in [0.15, 0.2) is 23.1 Å². The van der Waals surface area contributed by atoms with E-state index < -0.39 is 0 Å². The number of hydrogen-bond acceptors (Lipinski definition) is 5. The topological polar surface area (TPSA) is 68.8 Å². The van der Waals surface area contributed by atoms with E-state index in [0.717, 1.165) is 19.5 Å². The molecule has 0 radical (unpaired) electrons. The van der Waals surface area contributed by atoms with Crippen molar-refractivity contribution in [1.29, 1.82) is 0 Å². The minimum Gasteiger partial charge on any atom is -0.407 e. The number of nitrogens with one attached hydrogen (secondary N) is 1. The van der Waals surface area contributed by atoms with Crippen molar-refractivity contribution in [3.8, 4) is 0 Å². The van der Waals surface area contributed by atoms with Gasteiger partial charge < -0.3 is 14.3 Å². The number of aromatic nitrogens is 4. The largest absolute Gasteiger partial charge is 0.407 e. The average Bonchev–Trinajstić information content (AvgIpc) is 2.95. The fourth-order valence-electron chi connectivity index (χ4n) is 1.25. The Balaban J connectivity index is 1.68. The van der Waals surface area contributed by atoms with Crippen LogP contribution in [0.25, 0.3) is 0 Å². The monoisotopic (exact) mass is 241 g/mol. The van der Waals surface area contributed by atoms with Gasteiger partial charge in [0.25, 0.3) is 0 Å². The van der Waals surface area contributed by atoms with Crippen LogP contribution in [0.2, 0.25) is 0 Å². The van der Waals surface area contributed by atoms with E-state index in [2.05, 4.69) is 20.5 Å². The Morgan fingerprint density at radius 1 is 1.44 bits per heavy atom. The van der Waals surface area contributed by atoms with E-state index >= 15 is 0 Å². The summed E-state index contributed by atoms with van der Waals surface area (Å²) in [7, 11) is 0. The van der Waals surface area contributed by atoms with Gasteiger partial charge in [0.05, 0.1) is 6.33 Å². The molecule has 2 aromatic heterocycles. The van der Waals surface area contributed by atoms with Crippen LogP contribution < -0.4 is 5.32 Å². The van der Waals surface area contributed by atoms with Crippen LogP contribution in [-0.4, -0.2) is 26.3 Å². The Morgan fingerprint density at radius 2 is 2.38 bits per heavy atom. The minimum absolute atomic E-state index is 0.240. The first kappa shape index (κ1) is 10.9. The predicted octanol–water partition coefficient (Wildman–Crippen LogP) is 1.51. The fraction of sp³-hybridized carbons (Fsp3) is 0.444. The maximum Gasteiger partial charge on any atom is 0.315 e. The summed E-state index contributed by atoms with van der Waals surface area (Å²) in [5.41, 5.74) is 0. The molecule has 0 bridgehead atoms. The molecule has 2 heterocycles. The van der Waals surface area contributed by atoms with E-state index in [1.165, 1.54) is 0 Å². The van der Waals surface area contributed by atoms with Gasteiger partial charge in [-0.2, -0.15) is 0 Å². The van der Waals surface area contributed by atoms with Crippen LogP contribution in [0.3, 0.4) is 0 Å². The molecule has 6 nitrogen and oxygen atoms in total. The van der Waals surface area contributed by atoms with Crippen molar-refractivity contribution >= 4 is 17.6 Å². The van der Waals surface area contributed by atoms with Crippen molar-refractivity contribution in [2.45, 2.75) is 18.8 Å². The smallest absolute Gasteiger partial charge is 0.315 e. The van der Waals surface area contributed by atoms with Crippen molar-refractivity contribution in [2.24, 2.45) is 0 Å². The number of hydrogen-bond donors (Lipinski definition) is 1. The number of anilines is 1. The third-order valence-electron chi connectivity index (χ3n) is 2.01. The van der Waals surface area contributed by atoms with E-state index in [1.807, 2.05) is 10.8 Å². The highest BCUT2D eigenvalue weighted by Gasteiger charge is 2.02. The summed E-state index contributed by atoms with van der Waals surface area (Å²) >= 11 is 5.53. The Labute approximate surface area is 97.6 Å². The zero-order chi connectivity index (χ0) is 11.2. The Bertz CT molecular complexity index is 413. The highest BCUT2D eigenvalue weighted by atomic mass is 35.5. The molecule has 0 saturated carbocycles. The van der Waals surface area contributed by atoms with Crippen LogP contribution in [0.5, 0.6) is 0 Å². The Kier molecular flexibility index (Phi) is 3.76. The summed E-state index contributed by atoms with van der Waals surface area (Å²) in [6, 6.07) is 0.418. The van der Waals surface area contributed by atoms with Gasteiger partial charge in [-0.1, -0.05) is 5.10 Å². The van der Waals surface area contributed by atoms with Crippen LogP contribution in [-0.2, 0) is 12.4 Å². The molecule has 0 saturated heterocycles. The summed E-state index contributed by atoms with van der Waals surface area (Å²) < 4.78 is 7.20. The van der Waals surface area contributed by atoms with Crippen LogP contribution >= 0.6 is 11.6 Å². The van der Waals surface area contributed by atoms with Gasteiger partial charge in [-0.05, 0) is 6.42 Å². The molecular weight excluding hydrogens is 230 g/mol. The van der Waals surface area contributed by atoms with E-state index in [1.54, 1.807) is 12.5 Å². The molecule has 0 aliphatic carbocycles. The molecular formula is C9H12ClN5O. The normalized spacial score (nSPS) is 10.6. The van der Waals surface area contributed by atoms with Crippen molar-refractivity contribution in [3.63, 3.8) is 0 Å².